The summed E-state index contributed by atoms with van der Waals surface area (Å²) in [6, 6.07) is 3.18. The number of aromatic nitrogens is 5. The summed E-state index contributed by atoms with van der Waals surface area (Å²) in [6.45, 7) is 4.36. The third kappa shape index (κ3) is 4.41. The molecule has 0 saturated carbocycles. The van der Waals surface area contributed by atoms with E-state index in [1.165, 1.54) is 58.4 Å². The molecule has 0 radical (unpaired) electrons. The van der Waals surface area contributed by atoms with Crippen molar-refractivity contribution in [2.45, 2.75) is 45.4 Å². The lowest BCUT2D eigenvalue weighted by atomic mass is 10.1. The molecule has 1 saturated heterocycles. The Hall–Kier alpha value is -3.84. The van der Waals surface area contributed by atoms with E-state index in [0.717, 1.165) is 4.57 Å². The van der Waals surface area contributed by atoms with Crippen LogP contribution in [0.15, 0.2) is 40.2 Å². The van der Waals surface area contributed by atoms with Gasteiger partial charge in [-0.15, -0.1) is 4.80 Å². The molecule has 1 aliphatic rings. The zero-order chi connectivity index (χ0) is 27.0. The molecule has 13 heteroatoms. The van der Waals surface area contributed by atoms with E-state index in [1.807, 2.05) is 6.92 Å². The predicted molar refractivity (Wildman–Crippen MR) is 139 cm³/mol. The van der Waals surface area contributed by atoms with Gasteiger partial charge in [0.15, 0.2) is 0 Å². The lowest BCUT2D eigenvalue weighted by Crippen LogP contribution is -2.44. The quantitative estimate of drug-likeness (QED) is 0.345. The highest BCUT2D eigenvalue weighted by atomic mass is 32.1. The maximum atomic E-state index is 14.3. The van der Waals surface area contributed by atoms with Crippen LogP contribution >= 0.6 is 11.3 Å². The summed E-state index contributed by atoms with van der Waals surface area (Å²) in [4.78, 5) is 42.1. The van der Waals surface area contributed by atoms with Crippen molar-refractivity contribution in [1.82, 2.24) is 29.4 Å². The van der Waals surface area contributed by atoms with Crippen molar-refractivity contribution in [2.24, 2.45) is 0 Å². The molecule has 3 aromatic heterocycles. The molecule has 4 aromatic rings. The summed E-state index contributed by atoms with van der Waals surface area (Å²) in [5.41, 5.74) is -0.183. The van der Waals surface area contributed by atoms with Gasteiger partial charge in [0, 0.05) is 24.3 Å². The van der Waals surface area contributed by atoms with Crippen molar-refractivity contribution in [3.63, 3.8) is 0 Å². The van der Waals surface area contributed by atoms with E-state index in [0.29, 0.717) is 58.1 Å². The lowest BCUT2D eigenvalue weighted by Gasteiger charge is -2.23. The number of amides is 1. The van der Waals surface area contributed by atoms with Crippen LogP contribution in [0.4, 0.5) is 4.39 Å². The number of aryl methyl sites for hydroxylation is 1. The van der Waals surface area contributed by atoms with Gasteiger partial charge in [-0.05, 0) is 38.0 Å². The number of thiophene rings is 1. The standard InChI is InChI=1S/C25H27FN6O5S/c1-4-11-37-19(16-12-15(26)5-6-18(16)36-3)13-30-24-20(14(2)23(38-24)32-28-9-10-29-32)22(34)31(25(30)35)17-7-8-27-21(17)33/h5-6,9-10,12,17,19H,4,7-8,11,13H2,1-3H3,(H,27,33)/t17-,19+/m1/s1. The van der Waals surface area contributed by atoms with E-state index in [-0.39, 0.29) is 12.5 Å². The minimum atomic E-state index is -0.935. The fourth-order valence-electron chi connectivity index (χ4n) is 4.75. The fraction of sp³-hybridized carbons (Fsp3) is 0.400. The highest BCUT2D eigenvalue weighted by molar-refractivity contribution is 7.21. The Balaban J connectivity index is 1.76. The van der Waals surface area contributed by atoms with E-state index >= 15 is 0 Å². The molecule has 5 rings (SSSR count). The summed E-state index contributed by atoms with van der Waals surface area (Å²) in [6.07, 6.45) is 3.25. The average molecular weight is 543 g/mol. The summed E-state index contributed by atoms with van der Waals surface area (Å²) in [5, 5.41) is 11.9. The first-order chi connectivity index (χ1) is 18.3. The van der Waals surface area contributed by atoms with Crippen LogP contribution in [0.25, 0.3) is 15.2 Å². The number of carbonyl (C=O) groups is 1. The molecule has 0 unspecified atom stereocenters. The highest BCUT2D eigenvalue weighted by Gasteiger charge is 2.32. The van der Waals surface area contributed by atoms with Gasteiger partial charge >= 0.3 is 5.69 Å². The molecule has 1 N–H and O–H groups in total. The number of benzene rings is 1. The topological polar surface area (TPSA) is 122 Å². The normalized spacial score (nSPS) is 16.2. The molecule has 11 nitrogen and oxygen atoms in total. The second kappa shape index (κ2) is 10.5. The van der Waals surface area contributed by atoms with Crippen LogP contribution < -0.4 is 21.3 Å². The summed E-state index contributed by atoms with van der Waals surface area (Å²) >= 11 is 1.19. The Morgan fingerprint density at radius 3 is 2.66 bits per heavy atom. The first kappa shape index (κ1) is 25.8. The number of hydrogen-bond acceptors (Lipinski definition) is 8. The Kier molecular flexibility index (Phi) is 7.13. The largest absolute Gasteiger partial charge is 0.496 e. The lowest BCUT2D eigenvalue weighted by molar-refractivity contribution is -0.122. The van der Waals surface area contributed by atoms with Crippen molar-refractivity contribution >= 4 is 27.5 Å². The molecule has 0 aliphatic carbocycles. The van der Waals surface area contributed by atoms with Gasteiger partial charge in [0.05, 0.1) is 31.4 Å². The molecule has 38 heavy (non-hydrogen) atoms. The van der Waals surface area contributed by atoms with Gasteiger partial charge in [0.1, 0.15) is 33.5 Å². The van der Waals surface area contributed by atoms with Gasteiger partial charge in [-0.2, -0.15) is 10.2 Å². The maximum Gasteiger partial charge on any atom is 0.332 e. The van der Waals surface area contributed by atoms with Crippen LogP contribution in [-0.2, 0) is 16.1 Å². The minimum absolute atomic E-state index is 0.0459. The number of rotatable bonds is 9. The van der Waals surface area contributed by atoms with Crippen molar-refractivity contribution in [3.05, 3.63) is 68.4 Å². The van der Waals surface area contributed by atoms with Gasteiger partial charge in [-0.25, -0.2) is 13.8 Å². The molecule has 0 bridgehead atoms. The Labute approximate surface area is 220 Å². The molecule has 1 aliphatic heterocycles. The van der Waals surface area contributed by atoms with E-state index in [2.05, 4.69) is 15.5 Å². The summed E-state index contributed by atoms with van der Waals surface area (Å²) < 4.78 is 28.4. The van der Waals surface area contributed by atoms with E-state index < -0.39 is 29.2 Å². The fourth-order valence-corrected chi connectivity index (χ4v) is 5.97. The number of hydrogen-bond donors (Lipinski definition) is 1. The van der Waals surface area contributed by atoms with Gasteiger partial charge in [0.25, 0.3) is 5.56 Å². The maximum absolute atomic E-state index is 14.3. The number of nitrogens with zero attached hydrogens (tertiary/aromatic N) is 5. The third-order valence-corrected chi connectivity index (χ3v) is 7.84. The number of methoxy groups -OCH3 is 1. The Morgan fingerprint density at radius 2 is 2.00 bits per heavy atom. The number of halogens is 1. The minimum Gasteiger partial charge on any atom is -0.496 e. The van der Waals surface area contributed by atoms with Crippen LogP contribution in [-0.4, -0.2) is 50.3 Å². The molecule has 0 spiro atoms. The first-order valence-electron chi connectivity index (χ1n) is 12.2. The summed E-state index contributed by atoms with van der Waals surface area (Å²) in [5.74, 6) is -0.457. The van der Waals surface area contributed by atoms with Crippen molar-refractivity contribution in [1.29, 1.82) is 0 Å². The molecule has 2 atom stereocenters. The van der Waals surface area contributed by atoms with Crippen LogP contribution in [0.2, 0.25) is 0 Å². The second-order valence-corrected chi connectivity index (χ2v) is 9.92. The monoisotopic (exact) mass is 542 g/mol. The summed E-state index contributed by atoms with van der Waals surface area (Å²) in [7, 11) is 1.48. The van der Waals surface area contributed by atoms with E-state index in [1.54, 1.807) is 6.92 Å². The molecule has 1 aromatic carbocycles. The van der Waals surface area contributed by atoms with Crippen molar-refractivity contribution in [3.8, 4) is 10.8 Å². The number of carbonyl (C=O) groups excluding carboxylic acids is 1. The Bertz CT molecular complexity index is 1610. The van der Waals surface area contributed by atoms with Gasteiger partial charge < -0.3 is 14.8 Å². The Morgan fingerprint density at radius 1 is 1.24 bits per heavy atom. The average Bonchev–Trinajstić information content (AvgIpc) is 3.65. The molecule has 1 fully saturated rings. The van der Waals surface area contributed by atoms with E-state index in [4.69, 9.17) is 9.47 Å². The van der Waals surface area contributed by atoms with Crippen molar-refractivity contribution < 1.29 is 18.7 Å². The number of nitrogens with one attached hydrogen (secondary N) is 1. The SMILES string of the molecule is CCCO[C@@H](Cn1c(=O)n([C@@H]2CCNC2=O)c(=O)c2c(C)c(-n3nccn3)sc21)c1cc(F)ccc1OC. The number of ether oxygens (including phenoxy) is 2. The highest BCUT2D eigenvalue weighted by Crippen LogP contribution is 2.34. The molecular weight excluding hydrogens is 515 g/mol. The van der Waals surface area contributed by atoms with Crippen LogP contribution in [0.3, 0.4) is 0 Å². The molecule has 200 valence electrons. The third-order valence-electron chi connectivity index (χ3n) is 6.56. The zero-order valence-corrected chi connectivity index (χ0v) is 22.0. The smallest absolute Gasteiger partial charge is 0.332 e. The van der Waals surface area contributed by atoms with Crippen LogP contribution in [0.1, 0.15) is 43.0 Å². The molecule has 1 amide bonds. The van der Waals surface area contributed by atoms with Gasteiger partial charge in [-0.1, -0.05) is 18.3 Å². The number of fused-ring (bicyclic) bond motifs is 1. The van der Waals surface area contributed by atoms with Crippen molar-refractivity contribution in [2.75, 3.05) is 20.3 Å². The predicted octanol–water partition coefficient (Wildman–Crippen LogP) is 2.49. The zero-order valence-electron chi connectivity index (χ0n) is 21.1. The second-order valence-electron chi connectivity index (χ2n) is 8.94. The van der Waals surface area contributed by atoms with Gasteiger partial charge in [0.2, 0.25) is 5.91 Å². The van der Waals surface area contributed by atoms with Crippen LogP contribution in [0.5, 0.6) is 5.75 Å². The van der Waals surface area contributed by atoms with Gasteiger partial charge in [-0.3, -0.25) is 14.2 Å². The molecular formula is C25H27FN6O5S. The molecule has 4 heterocycles. The van der Waals surface area contributed by atoms with Crippen LogP contribution in [0, 0.1) is 12.7 Å². The van der Waals surface area contributed by atoms with E-state index in [9.17, 15) is 18.8 Å². The first-order valence-corrected chi connectivity index (χ1v) is 13.0.